The summed E-state index contributed by atoms with van der Waals surface area (Å²) in [4.78, 5) is 23.0. The zero-order valence-electron chi connectivity index (χ0n) is 18.1. The lowest BCUT2D eigenvalue weighted by atomic mass is 10.0. The Bertz CT molecular complexity index is 511. The van der Waals surface area contributed by atoms with Crippen LogP contribution in [0.25, 0.3) is 0 Å². The molecule has 3 N–H and O–H groups in total. The molecule has 0 radical (unpaired) electrons. The maximum Gasteiger partial charge on any atom is 0.315 e. The van der Waals surface area contributed by atoms with Crippen LogP contribution < -0.4 is 16.0 Å². The van der Waals surface area contributed by atoms with E-state index in [0.717, 1.165) is 25.7 Å². The zero-order chi connectivity index (χ0) is 21.9. The number of urea groups is 1. The molecule has 0 aromatic carbocycles. The minimum atomic E-state index is -0.0898. The van der Waals surface area contributed by atoms with Crippen LogP contribution in [0.3, 0.4) is 0 Å². The molecule has 9 nitrogen and oxygen atoms in total. The first kappa shape index (κ1) is 26.2. The second-order valence-electron chi connectivity index (χ2n) is 7.06. The Morgan fingerprint density at radius 3 is 2.20 bits per heavy atom. The van der Waals surface area contributed by atoms with Gasteiger partial charge >= 0.3 is 6.03 Å². The van der Waals surface area contributed by atoms with Gasteiger partial charge < -0.3 is 34.9 Å². The van der Waals surface area contributed by atoms with Gasteiger partial charge in [0, 0.05) is 19.0 Å². The summed E-state index contributed by atoms with van der Waals surface area (Å²) in [5.41, 5.74) is 0. The fraction of sp³-hybridized carbons (Fsp3) is 0.810. The molecule has 0 spiro atoms. The number of hydrogen-bond donors (Lipinski definition) is 3. The van der Waals surface area contributed by atoms with Crippen molar-refractivity contribution in [3.8, 4) is 12.3 Å². The number of amides is 3. The lowest BCUT2D eigenvalue weighted by molar-refractivity contribution is -0.121. The molecule has 30 heavy (non-hydrogen) atoms. The topological polar surface area (TPSA) is 107 Å². The number of ether oxygens (including phenoxy) is 4. The molecule has 3 amide bonds. The lowest BCUT2D eigenvalue weighted by Crippen LogP contribution is -2.30. The number of rotatable bonds is 19. The summed E-state index contributed by atoms with van der Waals surface area (Å²) in [6.45, 7) is 6.20. The Morgan fingerprint density at radius 1 is 0.967 bits per heavy atom. The first-order valence-electron chi connectivity index (χ1n) is 10.7. The Hall–Kier alpha value is -1.86. The molecule has 0 saturated carbocycles. The van der Waals surface area contributed by atoms with Gasteiger partial charge in [0.1, 0.15) is 6.61 Å². The van der Waals surface area contributed by atoms with Crippen molar-refractivity contribution in [3.63, 3.8) is 0 Å². The van der Waals surface area contributed by atoms with Crippen LogP contribution in [0.2, 0.25) is 0 Å². The average Bonchev–Trinajstić information content (AvgIpc) is 3.05. The molecule has 2 atom stereocenters. The number of terminal acetylenes is 1. The van der Waals surface area contributed by atoms with Crippen LogP contribution in [0.15, 0.2) is 0 Å². The van der Waals surface area contributed by atoms with Crippen molar-refractivity contribution in [2.24, 2.45) is 0 Å². The highest BCUT2D eigenvalue weighted by Crippen LogP contribution is 2.11. The second-order valence-corrected chi connectivity index (χ2v) is 7.06. The fourth-order valence-corrected chi connectivity index (χ4v) is 2.93. The van der Waals surface area contributed by atoms with E-state index in [1.54, 1.807) is 0 Å². The second kappa shape index (κ2) is 18.0. The third-order valence-corrected chi connectivity index (χ3v) is 4.57. The van der Waals surface area contributed by atoms with E-state index >= 15 is 0 Å². The van der Waals surface area contributed by atoms with Crippen LogP contribution in [0, 0.1) is 12.3 Å². The zero-order valence-corrected chi connectivity index (χ0v) is 18.1. The van der Waals surface area contributed by atoms with Gasteiger partial charge in [-0.2, -0.15) is 0 Å². The monoisotopic (exact) mass is 427 g/mol. The molecule has 0 aromatic heterocycles. The van der Waals surface area contributed by atoms with Crippen molar-refractivity contribution in [1.29, 1.82) is 0 Å². The molecule has 1 heterocycles. The van der Waals surface area contributed by atoms with Gasteiger partial charge in [0.2, 0.25) is 5.91 Å². The maximum atomic E-state index is 11.8. The van der Waals surface area contributed by atoms with Crippen LogP contribution in [0.1, 0.15) is 39.0 Å². The van der Waals surface area contributed by atoms with E-state index in [-0.39, 0.29) is 24.0 Å². The van der Waals surface area contributed by atoms with Crippen LogP contribution in [0.5, 0.6) is 0 Å². The third-order valence-electron chi connectivity index (χ3n) is 4.57. The van der Waals surface area contributed by atoms with Gasteiger partial charge in [-0.15, -0.1) is 6.42 Å². The molecule has 0 unspecified atom stereocenters. The first-order valence-corrected chi connectivity index (χ1v) is 10.7. The molecule has 1 rings (SSSR count). The van der Waals surface area contributed by atoms with E-state index in [2.05, 4.69) is 21.9 Å². The van der Waals surface area contributed by atoms with Gasteiger partial charge in [-0.3, -0.25) is 4.79 Å². The summed E-state index contributed by atoms with van der Waals surface area (Å²) in [5, 5.41) is 8.59. The van der Waals surface area contributed by atoms with Crippen LogP contribution >= 0.6 is 0 Å². The van der Waals surface area contributed by atoms with Crippen molar-refractivity contribution in [2.75, 3.05) is 59.4 Å². The highest BCUT2D eigenvalue weighted by Gasteiger charge is 2.26. The predicted octanol–water partition coefficient (Wildman–Crippen LogP) is 0.823. The highest BCUT2D eigenvalue weighted by atomic mass is 16.6. The summed E-state index contributed by atoms with van der Waals surface area (Å²) in [7, 11) is 0. The molecule has 9 heteroatoms. The number of nitrogens with one attached hydrogen (secondary N) is 3. The van der Waals surface area contributed by atoms with Gasteiger partial charge in [-0.05, 0) is 19.8 Å². The Balaban J connectivity index is 1.77. The van der Waals surface area contributed by atoms with Crippen molar-refractivity contribution in [3.05, 3.63) is 0 Å². The van der Waals surface area contributed by atoms with E-state index in [0.29, 0.717) is 65.8 Å². The van der Waals surface area contributed by atoms with Crippen molar-refractivity contribution in [1.82, 2.24) is 16.0 Å². The first-order chi connectivity index (χ1) is 14.6. The summed E-state index contributed by atoms with van der Waals surface area (Å²) in [6, 6.07) is 0.274. The Morgan fingerprint density at radius 2 is 1.60 bits per heavy atom. The van der Waals surface area contributed by atoms with Crippen LogP contribution in [-0.4, -0.2) is 83.4 Å². The molecule has 1 aliphatic rings. The van der Waals surface area contributed by atoms with E-state index in [1.807, 2.05) is 6.92 Å². The Labute approximate surface area is 179 Å². The quantitative estimate of drug-likeness (QED) is 0.208. The van der Waals surface area contributed by atoms with E-state index in [1.165, 1.54) is 0 Å². The van der Waals surface area contributed by atoms with E-state index in [4.69, 9.17) is 25.4 Å². The smallest absolute Gasteiger partial charge is 0.315 e. The molecule has 0 bridgehead atoms. The van der Waals surface area contributed by atoms with Crippen LogP contribution in [-0.2, 0) is 23.7 Å². The number of carbonyl (C=O) groups excluding carboxylic acids is 2. The van der Waals surface area contributed by atoms with Gasteiger partial charge in [-0.25, -0.2) is 4.79 Å². The largest absolute Gasteiger partial charge is 0.377 e. The molecule has 172 valence electrons. The Kier molecular flexibility index (Phi) is 15.7. The molecule has 1 aliphatic heterocycles. The van der Waals surface area contributed by atoms with Gasteiger partial charge in [0.15, 0.2) is 0 Å². The van der Waals surface area contributed by atoms with E-state index < -0.39 is 0 Å². The van der Waals surface area contributed by atoms with Crippen molar-refractivity contribution < 1.29 is 28.5 Å². The normalized spacial score (nSPS) is 17.9. The van der Waals surface area contributed by atoms with Crippen molar-refractivity contribution in [2.45, 2.75) is 51.1 Å². The number of hydrogen-bond acceptors (Lipinski definition) is 6. The van der Waals surface area contributed by atoms with Crippen molar-refractivity contribution >= 4 is 11.9 Å². The minimum absolute atomic E-state index is 0.0439. The summed E-state index contributed by atoms with van der Waals surface area (Å²) >= 11 is 0. The van der Waals surface area contributed by atoms with E-state index in [9.17, 15) is 9.59 Å². The highest BCUT2D eigenvalue weighted by molar-refractivity contribution is 5.77. The SMILES string of the molecule is C#CCOCCOCCOCCOCCNC(=O)CCCCC[C@H]1NC(=O)N[C@H]1C. The summed E-state index contributed by atoms with van der Waals surface area (Å²) in [5.74, 6) is 2.43. The standard InChI is InChI=1S/C21H37N3O6/c1-3-10-27-12-14-29-16-17-30-15-13-28-11-9-22-20(25)8-6-4-5-7-19-18(2)23-21(26)24-19/h1,18-19H,4-17H2,2H3,(H,22,25)(H2,23,24,26)/t18-,19+/m0/s1. The average molecular weight is 428 g/mol. The fourth-order valence-electron chi connectivity index (χ4n) is 2.93. The van der Waals surface area contributed by atoms with Gasteiger partial charge in [-0.1, -0.05) is 18.8 Å². The minimum Gasteiger partial charge on any atom is -0.377 e. The molecule has 1 saturated heterocycles. The molecular formula is C21H37N3O6. The van der Waals surface area contributed by atoms with Gasteiger partial charge in [0.05, 0.1) is 52.3 Å². The molecular weight excluding hydrogens is 390 g/mol. The predicted molar refractivity (Wildman–Crippen MR) is 113 cm³/mol. The lowest BCUT2D eigenvalue weighted by Gasteiger charge is -2.13. The van der Waals surface area contributed by atoms with Crippen LogP contribution in [0.4, 0.5) is 4.79 Å². The summed E-state index contributed by atoms with van der Waals surface area (Å²) < 4.78 is 21.2. The number of unbranched alkanes of at least 4 members (excludes halogenated alkanes) is 2. The third kappa shape index (κ3) is 14.2. The maximum absolute atomic E-state index is 11.8. The number of carbonyl (C=O) groups is 2. The summed E-state index contributed by atoms with van der Waals surface area (Å²) in [6.07, 6.45) is 9.33. The van der Waals surface area contributed by atoms with Gasteiger partial charge in [0.25, 0.3) is 0 Å². The molecule has 0 aliphatic carbocycles. The molecule has 1 fully saturated rings. The molecule has 0 aromatic rings.